The topological polar surface area (TPSA) is 69.9 Å². The highest BCUT2D eigenvalue weighted by Gasteiger charge is 2.11. The largest absolute Gasteiger partial charge is 0.508 e. The van der Waals surface area contributed by atoms with Gasteiger partial charge in [0.05, 0.1) is 18.8 Å². The number of ether oxygens (including phenoxy) is 1. The fraction of sp³-hybridized carbons (Fsp3) is 0.316. The summed E-state index contributed by atoms with van der Waals surface area (Å²) in [6.07, 6.45) is 1.26. The molecule has 2 rings (SSSR count). The van der Waals surface area contributed by atoms with Crippen molar-refractivity contribution in [2.75, 3.05) is 13.7 Å². The van der Waals surface area contributed by atoms with Crippen molar-refractivity contribution < 1.29 is 20.1 Å². The summed E-state index contributed by atoms with van der Waals surface area (Å²) in [6, 6.07) is 10.4. The number of rotatable bonds is 8. The van der Waals surface area contributed by atoms with Crippen LogP contribution in [0.2, 0.25) is 0 Å². The predicted octanol–water partition coefficient (Wildman–Crippen LogP) is 3.73. The number of aliphatic hydroxyl groups excluding tert-OH is 2. The second-order valence-corrected chi connectivity index (χ2v) is 6.45. The molecule has 0 bridgehead atoms. The molecular formula is C19H22O4S. The first-order chi connectivity index (χ1) is 11.6. The Morgan fingerprint density at radius 2 is 2.08 bits per heavy atom. The molecule has 0 aliphatic heterocycles. The van der Waals surface area contributed by atoms with Gasteiger partial charge in [0, 0.05) is 24.8 Å². The third-order valence-electron chi connectivity index (χ3n) is 3.53. The van der Waals surface area contributed by atoms with Gasteiger partial charge < -0.3 is 20.1 Å². The van der Waals surface area contributed by atoms with Gasteiger partial charge in [-0.1, -0.05) is 18.2 Å². The third kappa shape index (κ3) is 5.64. The maximum Gasteiger partial charge on any atom is 0.115 e. The van der Waals surface area contributed by atoms with Crippen LogP contribution in [-0.2, 0) is 4.74 Å². The molecule has 4 nitrogen and oxygen atoms in total. The lowest BCUT2D eigenvalue weighted by Gasteiger charge is -2.10. The summed E-state index contributed by atoms with van der Waals surface area (Å²) in [5, 5.41) is 31.8. The van der Waals surface area contributed by atoms with E-state index in [2.05, 4.69) is 5.73 Å². The Kier molecular flexibility index (Phi) is 7.25. The van der Waals surface area contributed by atoms with Crippen molar-refractivity contribution in [3.05, 3.63) is 69.6 Å². The van der Waals surface area contributed by atoms with Gasteiger partial charge in [-0.3, -0.25) is 0 Å². The molecule has 0 fully saturated rings. The molecule has 0 aliphatic rings. The lowest BCUT2D eigenvalue weighted by atomic mass is 10.1. The Bertz CT molecular complexity index is 687. The standard InChI is InChI=1S/C19H22O4S/c1-23-13-14(11-18(22)19-9-4-10-24-19)5-2-8-17(21)15-6-3-7-16(20)12-15/h2-4,6-7,9-10,12,17-18,20-22H,8,11,13H2,1H3/t5?,17-,18-/m1/s1. The van der Waals surface area contributed by atoms with E-state index in [1.165, 1.54) is 11.3 Å². The summed E-state index contributed by atoms with van der Waals surface area (Å²) in [5.74, 6) is 0.130. The van der Waals surface area contributed by atoms with Crippen molar-refractivity contribution in [1.29, 1.82) is 0 Å². The van der Waals surface area contributed by atoms with E-state index in [0.29, 0.717) is 25.0 Å². The Hall–Kier alpha value is -1.88. The quantitative estimate of drug-likeness (QED) is 0.637. The average molecular weight is 346 g/mol. The number of hydrogen-bond acceptors (Lipinski definition) is 5. The molecule has 1 aromatic heterocycles. The molecular weight excluding hydrogens is 324 g/mol. The summed E-state index contributed by atoms with van der Waals surface area (Å²) >= 11 is 1.51. The van der Waals surface area contributed by atoms with E-state index in [9.17, 15) is 15.3 Å². The summed E-state index contributed by atoms with van der Waals surface area (Å²) < 4.78 is 5.16. The van der Waals surface area contributed by atoms with Gasteiger partial charge in [-0.15, -0.1) is 17.1 Å². The molecule has 0 saturated carbocycles. The zero-order valence-corrected chi connectivity index (χ0v) is 14.4. The Balaban J connectivity index is 2.02. The van der Waals surface area contributed by atoms with Crippen LogP contribution in [-0.4, -0.2) is 29.0 Å². The molecule has 0 unspecified atom stereocenters. The molecule has 0 spiro atoms. The van der Waals surface area contributed by atoms with E-state index in [1.54, 1.807) is 37.5 Å². The van der Waals surface area contributed by atoms with Crippen molar-refractivity contribution in [2.45, 2.75) is 25.0 Å². The average Bonchev–Trinajstić information content (AvgIpc) is 3.09. The second-order valence-electron chi connectivity index (χ2n) is 5.47. The number of hydrogen-bond donors (Lipinski definition) is 3. The molecule has 3 N–H and O–H groups in total. The monoisotopic (exact) mass is 346 g/mol. The normalized spacial score (nSPS) is 13.1. The highest BCUT2D eigenvalue weighted by molar-refractivity contribution is 7.10. The van der Waals surface area contributed by atoms with Crippen molar-refractivity contribution in [1.82, 2.24) is 0 Å². The zero-order valence-electron chi connectivity index (χ0n) is 13.6. The number of aromatic hydroxyl groups is 1. The number of phenols is 1. The Labute approximate surface area is 146 Å². The van der Waals surface area contributed by atoms with Gasteiger partial charge in [-0.05, 0) is 40.8 Å². The first-order valence-electron chi connectivity index (χ1n) is 7.70. The number of aliphatic hydroxyl groups is 2. The van der Waals surface area contributed by atoms with Crippen LogP contribution < -0.4 is 0 Å². The van der Waals surface area contributed by atoms with E-state index in [4.69, 9.17) is 4.74 Å². The van der Waals surface area contributed by atoms with Gasteiger partial charge in [0.25, 0.3) is 0 Å². The third-order valence-corrected chi connectivity index (χ3v) is 4.51. The summed E-state index contributed by atoms with van der Waals surface area (Å²) in [4.78, 5) is 0.908. The molecule has 0 radical (unpaired) electrons. The first kappa shape index (κ1) is 18.5. The van der Waals surface area contributed by atoms with Crippen molar-refractivity contribution in [3.8, 4) is 5.75 Å². The van der Waals surface area contributed by atoms with Crippen LogP contribution in [0, 0.1) is 0 Å². The number of benzene rings is 1. The van der Waals surface area contributed by atoms with Crippen molar-refractivity contribution in [2.24, 2.45) is 0 Å². The molecule has 5 heteroatoms. The van der Waals surface area contributed by atoms with E-state index >= 15 is 0 Å². The van der Waals surface area contributed by atoms with Crippen molar-refractivity contribution >= 4 is 11.3 Å². The smallest absolute Gasteiger partial charge is 0.115 e. The van der Waals surface area contributed by atoms with Crippen molar-refractivity contribution in [3.63, 3.8) is 0 Å². The Morgan fingerprint density at radius 1 is 1.25 bits per heavy atom. The van der Waals surface area contributed by atoms with E-state index < -0.39 is 12.2 Å². The van der Waals surface area contributed by atoms with Crippen LogP contribution in [0.3, 0.4) is 0 Å². The summed E-state index contributed by atoms with van der Waals surface area (Å²) in [5.41, 5.74) is 4.61. The molecule has 1 aromatic carbocycles. The maximum absolute atomic E-state index is 10.2. The minimum Gasteiger partial charge on any atom is -0.508 e. The highest BCUT2D eigenvalue weighted by atomic mass is 32.1. The molecule has 0 aliphatic carbocycles. The molecule has 0 saturated heterocycles. The van der Waals surface area contributed by atoms with Crippen LogP contribution >= 0.6 is 11.3 Å². The zero-order chi connectivity index (χ0) is 17.4. The molecule has 2 atom stereocenters. The minimum absolute atomic E-state index is 0.130. The van der Waals surface area contributed by atoms with Gasteiger partial charge in [-0.2, -0.15) is 0 Å². The summed E-state index contributed by atoms with van der Waals surface area (Å²) in [6.45, 7) is 0.376. The fourth-order valence-corrected chi connectivity index (χ4v) is 3.04. The van der Waals surface area contributed by atoms with Crippen LogP contribution in [0.25, 0.3) is 0 Å². The summed E-state index contributed by atoms with van der Waals surface area (Å²) in [7, 11) is 1.60. The number of phenolic OH excluding ortho intramolecular Hbond substituents is 1. The van der Waals surface area contributed by atoms with Gasteiger partial charge >= 0.3 is 0 Å². The number of methoxy groups -OCH3 is 1. The SMILES string of the molecule is COCC(=C=CC[C@@H](O)c1cccc(O)c1)C[C@@H](O)c1cccs1. The van der Waals surface area contributed by atoms with E-state index in [0.717, 1.165) is 10.5 Å². The molecule has 2 aromatic rings. The molecule has 128 valence electrons. The highest BCUT2D eigenvalue weighted by Crippen LogP contribution is 2.25. The number of thiophene rings is 1. The molecule has 24 heavy (non-hydrogen) atoms. The minimum atomic E-state index is -0.712. The van der Waals surface area contributed by atoms with Gasteiger partial charge in [0.1, 0.15) is 5.75 Å². The van der Waals surface area contributed by atoms with E-state index in [-0.39, 0.29) is 5.75 Å². The first-order valence-corrected chi connectivity index (χ1v) is 8.58. The molecule has 0 amide bonds. The van der Waals surface area contributed by atoms with Gasteiger partial charge in [-0.25, -0.2) is 0 Å². The Morgan fingerprint density at radius 3 is 2.75 bits per heavy atom. The lowest BCUT2D eigenvalue weighted by Crippen LogP contribution is -2.01. The van der Waals surface area contributed by atoms with Gasteiger partial charge in [0.2, 0.25) is 0 Å². The molecule has 1 heterocycles. The fourth-order valence-electron chi connectivity index (χ4n) is 2.33. The van der Waals surface area contributed by atoms with E-state index in [1.807, 2.05) is 17.5 Å². The predicted molar refractivity (Wildman–Crippen MR) is 95.1 cm³/mol. The van der Waals surface area contributed by atoms with Crippen LogP contribution in [0.15, 0.2) is 59.2 Å². The maximum atomic E-state index is 10.2. The van der Waals surface area contributed by atoms with Crippen LogP contribution in [0.5, 0.6) is 5.75 Å². The van der Waals surface area contributed by atoms with Gasteiger partial charge in [0.15, 0.2) is 0 Å². The second kappa shape index (κ2) is 9.42. The van der Waals surface area contributed by atoms with Crippen LogP contribution in [0.4, 0.5) is 0 Å². The lowest BCUT2D eigenvalue weighted by molar-refractivity contribution is 0.167. The van der Waals surface area contributed by atoms with Crippen LogP contribution in [0.1, 0.15) is 35.5 Å².